The van der Waals surface area contributed by atoms with Crippen LogP contribution in [0.15, 0.2) is 64.1 Å². The molecular weight excluding hydrogens is 404 g/mol. The summed E-state index contributed by atoms with van der Waals surface area (Å²) in [5, 5.41) is 5.79. The first-order valence-corrected chi connectivity index (χ1v) is 11.6. The zero-order chi connectivity index (χ0) is 20.6. The first kappa shape index (κ1) is 21.3. The minimum Gasteiger partial charge on any atom is -0.496 e. The number of hydrogen-bond donors (Lipinski definition) is 2. The average molecular weight is 429 g/mol. The van der Waals surface area contributed by atoms with Crippen molar-refractivity contribution in [3.8, 4) is 0 Å². The number of hydrogen-bond acceptors (Lipinski definition) is 5. The molecular formula is C22H24N2O3S2. The number of carbonyl (C=O) groups excluding carboxylic acids is 2. The second-order valence-corrected chi connectivity index (χ2v) is 8.46. The van der Waals surface area contributed by atoms with Crippen molar-refractivity contribution in [1.82, 2.24) is 5.32 Å². The molecule has 0 radical (unpaired) electrons. The summed E-state index contributed by atoms with van der Waals surface area (Å²) >= 11 is 3.19. The first-order valence-electron chi connectivity index (χ1n) is 9.36. The predicted octanol–water partition coefficient (Wildman–Crippen LogP) is 4.31. The summed E-state index contributed by atoms with van der Waals surface area (Å²) in [4.78, 5) is 26.7. The number of nitrogens with one attached hydrogen (secondary N) is 2. The van der Waals surface area contributed by atoms with E-state index in [4.69, 9.17) is 4.74 Å². The monoisotopic (exact) mass is 428 g/mol. The van der Waals surface area contributed by atoms with E-state index in [1.165, 1.54) is 22.2 Å². The minimum atomic E-state index is -0.210. The summed E-state index contributed by atoms with van der Waals surface area (Å²) < 4.78 is 5.44. The van der Waals surface area contributed by atoms with E-state index in [-0.39, 0.29) is 11.8 Å². The normalized spacial score (nSPS) is 13.6. The molecule has 152 valence electrons. The Bertz CT molecular complexity index is 911. The quantitative estimate of drug-likeness (QED) is 0.643. The van der Waals surface area contributed by atoms with Gasteiger partial charge in [0.1, 0.15) is 10.7 Å². The smallest absolute Gasteiger partial charge is 0.265 e. The number of benzene rings is 2. The molecule has 0 spiro atoms. The second-order valence-electron chi connectivity index (χ2n) is 6.47. The number of anilines is 1. The first-order chi connectivity index (χ1) is 14.1. The molecule has 1 aliphatic heterocycles. The fraction of sp³-hybridized carbons (Fsp3) is 0.273. The van der Waals surface area contributed by atoms with Crippen molar-refractivity contribution >= 4 is 41.0 Å². The number of thioether (sulfide) groups is 2. The average Bonchev–Trinajstić information content (AvgIpc) is 2.74. The number of allylic oxidation sites excluding steroid dienone is 1. The van der Waals surface area contributed by atoms with Crippen LogP contribution in [0.4, 0.5) is 5.69 Å². The van der Waals surface area contributed by atoms with Gasteiger partial charge < -0.3 is 15.4 Å². The Morgan fingerprint density at radius 3 is 2.66 bits per heavy atom. The van der Waals surface area contributed by atoms with Gasteiger partial charge in [-0.15, -0.1) is 23.5 Å². The third kappa shape index (κ3) is 6.05. The van der Waals surface area contributed by atoms with Gasteiger partial charge in [0.25, 0.3) is 11.8 Å². The lowest BCUT2D eigenvalue weighted by molar-refractivity contribution is -0.112. The summed E-state index contributed by atoms with van der Waals surface area (Å²) in [5.41, 5.74) is 2.28. The SMILES string of the molecule is CSc1ccc(CCNC(=O)c2cccc(NC(=O)C3=C(C)OCCS3)c2)cc1. The molecule has 0 unspecified atom stereocenters. The number of amides is 2. The van der Waals surface area contributed by atoms with E-state index in [1.807, 2.05) is 6.26 Å². The summed E-state index contributed by atoms with van der Waals surface area (Å²) in [6.45, 7) is 2.96. The molecule has 7 heteroatoms. The van der Waals surface area contributed by atoms with Crippen molar-refractivity contribution < 1.29 is 14.3 Å². The Balaban J connectivity index is 1.55. The van der Waals surface area contributed by atoms with Gasteiger partial charge in [0, 0.05) is 28.4 Å². The highest BCUT2D eigenvalue weighted by molar-refractivity contribution is 8.04. The molecule has 2 N–H and O–H groups in total. The zero-order valence-corrected chi connectivity index (χ0v) is 18.1. The molecule has 1 heterocycles. The van der Waals surface area contributed by atoms with Crippen LogP contribution in [0.25, 0.3) is 0 Å². The van der Waals surface area contributed by atoms with Crippen LogP contribution in [0.3, 0.4) is 0 Å². The van der Waals surface area contributed by atoms with E-state index in [0.717, 1.165) is 12.2 Å². The Morgan fingerprint density at radius 1 is 1.14 bits per heavy atom. The molecule has 0 atom stereocenters. The van der Waals surface area contributed by atoms with E-state index in [9.17, 15) is 9.59 Å². The van der Waals surface area contributed by atoms with Gasteiger partial charge in [-0.05, 0) is 55.5 Å². The van der Waals surface area contributed by atoms with Gasteiger partial charge in [-0.1, -0.05) is 18.2 Å². The van der Waals surface area contributed by atoms with Crippen molar-refractivity contribution in [2.75, 3.05) is 30.5 Å². The number of ether oxygens (including phenoxy) is 1. The molecule has 29 heavy (non-hydrogen) atoms. The maximum atomic E-state index is 12.5. The highest BCUT2D eigenvalue weighted by atomic mass is 32.2. The molecule has 5 nitrogen and oxygen atoms in total. The van der Waals surface area contributed by atoms with Crippen LogP contribution in [0.1, 0.15) is 22.8 Å². The Morgan fingerprint density at radius 2 is 1.93 bits per heavy atom. The molecule has 3 rings (SSSR count). The molecule has 0 fully saturated rings. The van der Waals surface area contributed by atoms with Crippen molar-refractivity contribution in [3.63, 3.8) is 0 Å². The number of rotatable bonds is 7. The molecule has 2 aromatic carbocycles. The van der Waals surface area contributed by atoms with Gasteiger partial charge in [0.15, 0.2) is 0 Å². The molecule has 0 bridgehead atoms. The summed E-state index contributed by atoms with van der Waals surface area (Å²) in [5.74, 6) is 1.02. The van der Waals surface area contributed by atoms with Gasteiger partial charge in [-0.3, -0.25) is 9.59 Å². The number of carbonyl (C=O) groups is 2. The van der Waals surface area contributed by atoms with Gasteiger partial charge in [0.05, 0.1) is 6.61 Å². The third-order valence-corrected chi connectivity index (χ3v) is 6.29. The maximum Gasteiger partial charge on any atom is 0.265 e. The molecule has 0 aliphatic carbocycles. The summed E-state index contributed by atoms with van der Waals surface area (Å²) in [6, 6.07) is 15.3. The fourth-order valence-corrected chi connectivity index (χ4v) is 4.10. The van der Waals surface area contributed by atoms with E-state index >= 15 is 0 Å². The van der Waals surface area contributed by atoms with E-state index in [0.29, 0.717) is 35.1 Å². The van der Waals surface area contributed by atoms with Crippen LogP contribution in [0.5, 0.6) is 0 Å². The summed E-state index contributed by atoms with van der Waals surface area (Å²) in [7, 11) is 0. The molecule has 1 aliphatic rings. The molecule has 0 saturated carbocycles. The minimum absolute atomic E-state index is 0.160. The largest absolute Gasteiger partial charge is 0.496 e. The van der Waals surface area contributed by atoms with E-state index in [1.54, 1.807) is 43.0 Å². The second kappa shape index (κ2) is 10.4. The van der Waals surface area contributed by atoms with Crippen molar-refractivity contribution in [2.24, 2.45) is 0 Å². The highest BCUT2D eigenvalue weighted by Gasteiger charge is 2.19. The Labute approximate surface area is 179 Å². The standard InChI is InChI=1S/C22H24N2O3S2/c1-15-20(29-13-12-27-15)22(26)24-18-5-3-4-17(14-18)21(25)23-11-10-16-6-8-19(28-2)9-7-16/h3-9,14H,10-13H2,1-2H3,(H,23,25)(H,24,26). The van der Waals surface area contributed by atoms with E-state index < -0.39 is 0 Å². The van der Waals surface area contributed by atoms with Crippen molar-refractivity contribution in [1.29, 1.82) is 0 Å². The van der Waals surface area contributed by atoms with Crippen LogP contribution < -0.4 is 10.6 Å². The van der Waals surface area contributed by atoms with Crippen LogP contribution in [-0.2, 0) is 16.0 Å². The van der Waals surface area contributed by atoms with Gasteiger partial charge in [-0.25, -0.2) is 0 Å². The molecule has 0 saturated heterocycles. The Kier molecular flexibility index (Phi) is 7.66. The van der Waals surface area contributed by atoms with Crippen LogP contribution in [0, 0.1) is 0 Å². The zero-order valence-electron chi connectivity index (χ0n) is 16.5. The highest BCUT2D eigenvalue weighted by Crippen LogP contribution is 2.26. The topological polar surface area (TPSA) is 67.4 Å². The van der Waals surface area contributed by atoms with Gasteiger partial charge in [-0.2, -0.15) is 0 Å². The van der Waals surface area contributed by atoms with E-state index in [2.05, 4.69) is 34.9 Å². The molecule has 2 amide bonds. The lowest BCUT2D eigenvalue weighted by Gasteiger charge is -2.17. The van der Waals surface area contributed by atoms with Gasteiger partial charge in [0.2, 0.25) is 0 Å². The molecule has 2 aromatic rings. The molecule has 0 aromatic heterocycles. The van der Waals surface area contributed by atoms with Crippen LogP contribution >= 0.6 is 23.5 Å². The summed E-state index contributed by atoms with van der Waals surface area (Å²) in [6.07, 6.45) is 2.81. The van der Waals surface area contributed by atoms with Crippen LogP contribution in [-0.4, -0.2) is 37.0 Å². The van der Waals surface area contributed by atoms with Crippen LogP contribution in [0.2, 0.25) is 0 Å². The predicted molar refractivity (Wildman–Crippen MR) is 120 cm³/mol. The lowest BCUT2D eigenvalue weighted by Crippen LogP contribution is -2.26. The maximum absolute atomic E-state index is 12.5. The van der Waals surface area contributed by atoms with Crippen molar-refractivity contribution in [2.45, 2.75) is 18.2 Å². The third-order valence-electron chi connectivity index (χ3n) is 4.42. The lowest BCUT2D eigenvalue weighted by atomic mass is 10.1. The van der Waals surface area contributed by atoms with Gasteiger partial charge >= 0.3 is 0 Å². The fourth-order valence-electron chi connectivity index (χ4n) is 2.87. The van der Waals surface area contributed by atoms with Crippen molar-refractivity contribution in [3.05, 3.63) is 70.3 Å². The Hall–Kier alpha value is -2.38.